The molecule has 32 heavy (non-hydrogen) atoms. The summed E-state index contributed by atoms with van der Waals surface area (Å²) >= 11 is 0. The van der Waals surface area contributed by atoms with Crippen molar-refractivity contribution in [3.05, 3.63) is 42.0 Å². The Hall–Kier alpha value is -1.92. The van der Waals surface area contributed by atoms with Crippen molar-refractivity contribution in [3.63, 3.8) is 0 Å². The highest BCUT2D eigenvalue weighted by atomic mass is 127. The van der Waals surface area contributed by atoms with Gasteiger partial charge < -0.3 is 24.7 Å². The van der Waals surface area contributed by atoms with E-state index in [1.54, 1.807) is 6.33 Å². The molecule has 0 spiro atoms. The first-order chi connectivity index (χ1) is 15.3. The zero-order valence-corrected chi connectivity index (χ0v) is 21.5. The minimum atomic E-state index is 0. The van der Waals surface area contributed by atoms with Crippen LogP contribution < -0.4 is 15.4 Å². The molecular weight excluding hydrogens is 521 g/mol. The fourth-order valence-corrected chi connectivity index (χ4v) is 3.40. The smallest absolute Gasteiger partial charge is 0.191 e. The van der Waals surface area contributed by atoms with Gasteiger partial charge >= 0.3 is 0 Å². The summed E-state index contributed by atoms with van der Waals surface area (Å²) in [5.74, 6) is 2.68. The Kier molecular flexibility index (Phi) is 12.4. The molecule has 1 aromatic heterocycles. The Balaban J connectivity index is 0.00000363. The Labute approximate surface area is 208 Å². The van der Waals surface area contributed by atoms with Gasteiger partial charge in [-0.1, -0.05) is 19.1 Å². The third-order valence-corrected chi connectivity index (χ3v) is 5.10. The Morgan fingerprint density at radius 2 is 2.03 bits per heavy atom. The van der Waals surface area contributed by atoms with E-state index in [0.717, 1.165) is 82.0 Å². The molecule has 0 unspecified atom stereocenters. The van der Waals surface area contributed by atoms with E-state index in [1.807, 2.05) is 12.1 Å². The average molecular weight is 557 g/mol. The topological polar surface area (TPSA) is 88.8 Å². The van der Waals surface area contributed by atoms with Crippen molar-refractivity contribution in [2.45, 2.75) is 33.4 Å². The molecule has 2 heterocycles. The van der Waals surface area contributed by atoms with Gasteiger partial charge in [0.25, 0.3) is 0 Å². The number of hydrogen-bond acceptors (Lipinski definition) is 6. The molecule has 1 fully saturated rings. The second kappa shape index (κ2) is 15.0. The van der Waals surface area contributed by atoms with E-state index in [2.05, 4.69) is 56.3 Å². The maximum absolute atomic E-state index is 5.95. The molecular formula is C22H36IN7O2. The summed E-state index contributed by atoms with van der Waals surface area (Å²) in [5, 5.41) is 14.8. The molecule has 0 aliphatic carbocycles. The Bertz CT molecular complexity index is 809. The zero-order valence-electron chi connectivity index (χ0n) is 19.1. The molecule has 9 nitrogen and oxygen atoms in total. The van der Waals surface area contributed by atoms with Gasteiger partial charge in [-0.05, 0) is 24.6 Å². The van der Waals surface area contributed by atoms with Crippen LogP contribution in [0, 0.1) is 0 Å². The van der Waals surface area contributed by atoms with Crippen LogP contribution in [0.1, 0.15) is 25.2 Å². The number of nitrogens with zero attached hydrogens (tertiary/aromatic N) is 5. The van der Waals surface area contributed by atoms with E-state index in [1.165, 1.54) is 0 Å². The SMILES string of the molecule is CCNC(=NCc1cccc(OCCN2CCOCC2)c1)NCCn1cnnc1CC.I. The fourth-order valence-electron chi connectivity index (χ4n) is 3.40. The van der Waals surface area contributed by atoms with Gasteiger partial charge in [-0.3, -0.25) is 4.90 Å². The normalized spacial score (nSPS) is 14.6. The van der Waals surface area contributed by atoms with E-state index in [0.29, 0.717) is 13.2 Å². The summed E-state index contributed by atoms with van der Waals surface area (Å²) in [4.78, 5) is 7.09. The third-order valence-electron chi connectivity index (χ3n) is 5.10. The van der Waals surface area contributed by atoms with Crippen LogP contribution in [0.3, 0.4) is 0 Å². The first kappa shape index (κ1) is 26.3. The van der Waals surface area contributed by atoms with Crippen molar-refractivity contribution < 1.29 is 9.47 Å². The predicted molar refractivity (Wildman–Crippen MR) is 137 cm³/mol. The molecule has 0 atom stereocenters. The minimum absolute atomic E-state index is 0. The van der Waals surface area contributed by atoms with Crippen molar-refractivity contribution in [2.24, 2.45) is 4.99 Å². The van der Waals surface area contributed by atoms with E-state index >= 15 is 0 Å². The quantitative estimate of drug-likeness (QED) is 0.248. The van der Waals surface area contributed by atoms with Crippen LogP contribution in [0.4, 0.5) is 0 Å². The van der Waals surface area contributed by atoms with Gasteiger partial charge in [-0.2, -0.15) is 0 Å². The van der Waals surface area contributed by atoms with Crippen molar-refractivity contribution in [2.75, 3.05) is 52.5 Å². The summed E-state index contributed by atoms with van der Waals surface area (Å²) in [5.41, 5.74) is 1.12. The van der Waals surface area contributed by atoms with E-state index in [-0.39, 0.29) is 24.0 Å². The Morgan fingerprint density at radius 3 is 2.81 bits per heavy atom. The number of ether oxygens (including phenoxy) is 2. The zero-order chi connectivity index (χ0) is 21.7. The van der Waals surface area contributed by atoms with Crippen LogP contribution in [0.2, 0.25) is 0 Å². The van der Waals surface area contributed by atoms with Gasteiger partial charge in [0, 0.05) is 45.7 Å². The number of aliphatic imine (C=N–C) groups is 1. The number of halogens is 1. The van der Waals surface area contributed by atoms with E-state index < -0.39 is 0 Å². The number of aromatic nitrogens is 3. The molecule has 1 aliphatic heterocycles. The van der Waals surface area contributed by atoms with Crippen LogP contribution in [0.25, 0.3) is 0 Å². The standard InChI is InChI=1S/C22H35N7O2.HI/c1-3-21-27-26-18-29(21)9-8-24-22(23-4-2)25-17-19-6-5-7-20(16-19)31-15-12-28-10-13-30-14-11-28;/h5-7,16,18H,3-4,8-15,17H2,1-2H3,(H2,23,24,25);1H. The van der Waals surface area contributed by atoms with Crippen LogP contribution in [0.5, 0.6) is 5.75 Å². The van der Waals surface area contributed by atoms with Crippen molar-refractivity contribution in [1.29, 1.82) is 0 Å². The summed E-state index contributed by atoms with van der Waals surface area (Å²) < 4.78 is 13.4. The molecule has 2 aromatic rings. The monoisotopic (exact) mass is 557 g/mol. The van der Waals surface area contributed by atoms with Crippen molar-refractivity contribution in [1.82, 2.24) is 30.3 Å². The van der Waals surface area contributed by atoms with Gasteiger partial charge in [0.1, 0.15) is 24.5 Å². The van der Waals surface area contributed by atoms with Crippen molar-refractivity contribution in [3.8, 4) is 5.75 Å². The molecule has 2 N–H and O–H groups in total. The molecule has 0 radical (unpaired) electrons. The first-order valence-corrected chi connectivity index (χ1v) is 11.2. The number of benzene rings is 1. The molecule has 1 saturated heterocycles. The van der Waals surface area contributed by atoms with Gasteiger partial charge in [-0.15, -0.1) is 34.2 Å². The highest BCUT2D eigenvalue weighted by molar-refractivity contribution is 14.0. The van der Waals surface area contributed by atoms with Gasteiger partial charge in [0.2, 0.25) is 0 Å². The lowest BCUT2D eigenvalue weighted by Gasteiger charge is -2.26. The number of rotatable bonds is 11. The second-order valence-electron chi connectivity index (χ2n) is 7.37. The van der Waals surface area contributed by atoms with Gasteiger partial charge in [0.05, 0.1) is 19.8 Å². The highest BCUT2D eigenvalue weighted by Crippen LogP contribution is 2.14. The molecule has 10 heteroatoms. The lowest BCUT2D eigenvalue weighted by molar-refractivity contribution is 0.0322. The molecule has 0 amide bonds. The molecule has 3 rings (SSSR count). The molecule has 0 bridgehead atoms. The average Bonchev–Trinajstić information content (AvgIpc) is 3.26. The number of morpholine rings is 1. The summed E-state index contributed by atoms with van der Waals surface area (Å²) in [7, 11) is 0. The van der Waals surface area contributed by atoms with Gasteiger partial charge in [-0.25, -0.2) is 4.99 Å². The molecule has 1 aromatic carbocycles. The van der Waals surface area contributed by atoms with Crippen LogP contribution >= 0.6 is 24.0 Å². The lowest BCUT2D eigenvalue weighted by atomic mass is 10.2. The minimum Gasteiger partial charge on any atom is -0.492 e. The van der Waals surface area contributed by atoms with Crippen LogP contribution in [-0.4, -0.2) is 78.2 Å². The maximum atomic E-state index is 5.95. The Morgan fingerprint density at radius 1 is 1.19 bits per heavy atom. The number of guanidine groups is 1. The predicted octanol–water partition coefficient (Wildman–Crippen LogP) is 1.92. The third kappa shape index (κ3) is 8.91. The summed E-state index contributed by atoms with van der Waals surface area (Å²) in [6.45, 7) is 12.3. The van der Waals surface area contributed by atoms with Crippen molar-refractivity contribution >= 4 is 29.9 Å². The fraction of sp³-hybridized carbons (Fsp3) is 0.591. The first-order valence-electron chi connectivity index (χ1n) is 11.2. The maximum Gasteiger partial charge on any atom is 0.191 e. The number of hydrogen-bond donors (Lipinski definition) is 2. The highest BCUT2D eigenvalue weighted by Gasteiger charge is 2.10. The van der Waals surface area contributed by atoms with Crippen LogP contribution in [-0.2, 0) is 24.2 Å². The van der Waals surface area contributed by atoms with E-state index in [4.69, 9.17) is 14.5 Å². The summed E-state index contributed by atoms with van der Waals surface area (Å²) in [6, 6.07) is 8.16. The largest absolute Gasteiger partial charge is 0.492 e. The summed E-state index contributed by atoms with van der Waals surface area (Å²) in [6.07, 6.45) is 2.65. The van der Waals surface area contributed by atoms with Gasteiger partial charge in [0.15, 0.2) is 5.96 Å². The van der Waals surface area contributed by atoms with E-state index in [9.17, 15) is 0 Å². The second-order valence-corrected chi connectivity index (χ2v) is 7.37. The molecule has 1 aliphatic rings. The lowest BCUT2D eigenvalue weighted by Crippen LogP contribution is -2.39. The number of aryl methyl sites for hydroxylation is 1. The molecule has 0 saturated carbocycles. The number of nitrogens with one attached hydrogen (secondary N) is 2. The molecule has 178 valence electrons. The van der Waals surface area contributed by atoms with Crippen LogP contribution in [0.15, 0.2) is 35.6 Å².